The fraction of sp³-hybridized carbons (Fsp3) is 0.500. The number of imide groups is 1. The van der Waals surface area contributed by atoms with Crippen LogP contribution in [0.4, 0.5) is 0 Å². The number of thiol groups is 1. The first-order chi connectivity index (χ1) is 13.5. The van der Waals surface area contributed by atoms with E-state index in [1.807, 2.05) is 0 Å². The zero-order valence-corrected chi connectivity index (χ0v) is 16.6. The molecule has 2 atom stereocenters. The Morgan fingerprint density at radius 3 is 2.03 bits per heavy atom. The van der Waals surface area contributed by atoms with Crippen LogP contribution in [0.2, 0.25) is 0 Å². The van der Waals surface area contributed by atoms with Crippen LogP contribution in [0.5, 0.6) is 0 Å². The summed E-state index contributed by atoms with van der Waals surface area (Å²) in [5.41, 5.74) is 5.46. The second-order valence-electron chi connectivity index (χ2n) is 5.65. The number of likely N-dealkylation sites (N-methyl/N-ethyl adjacent to an activating group) is 1. The van der Waals surface area contributed by atoms with Gasteiger partial charge in [-0.15, -0.1) is 0 Å². The Kier molecular flexibility index (Phi) is 11.9. The van der Waals surface area contributed by atoms with Crippen molar-refractivity contribution < 1.29 is 39.0 Å². The Morgan fingerprint density at radius 1 is 1.10 bits per heavy atom. The van der Waals surface area contributed by atoms with Crippen LogP contribution >= 0.6 is 12.6 Å². The minimum Gasteiger partial charge on any atom is -0.481 e. The summed E-state index contributed by atoms with van der Waals surface area (Å²) in [6, 6.07) is -2.11. The smallest absolute Gasteiger partial charge is 0.322 e. The molecule has 1 aliphatic heterocycles. The minimum atomic E-state index is -1.22. The van der Waals surface area contributed by atoms with E-state index in [9.17, 15) is 28.8 Å². The van der Waals surface area contributed by atoms with Crippen molar-refractivity contribution in [3.63, 3.8) is 0 Å². The van der Waals surface area contributed by atoms with E-state index in [2.05, 4.69) is 23.3 Å². The van der Waals surface area contributed by atoms with Crippen molar-refractivity contribution in [2.75, 3.05) is 18.8 Å². The Balaban J connectivity index is 0.000000717. The van der Waals surface area contributed by atoms with E-state index in [1.165, 1.54) is 17.1 Å². The standard InChI is InChI=1S/C10H17N3O6S.C6H7NO2/c11-5(1-2-7(14)15)9(18)13-6(4-20)10(19)12-3-8(16)17;1-2-7-5(8)3-4-6(7)9/h5-6,20H,1-4,11H2,(H,12,19)(H,13,18)(H,14,15)(H,16,17);3-4H,2H2,1H3/t5-,6-;/m0./s1. The molecule has 1 rings (SSSR count). The molecule has 0 aromatic rings. The van der Waals surface area contributed by atoms with Crippen LogP contribution in [0.3, 0.4) is 0 Å². The third kappa shape index (κ3) is 10.3. The highest BCUT2D eigenvalue weighted by atomic mass is 32.1. The lowest BCUT2D eigenvalue weighted by molar-refractivity contribution is -0.138. The maximum atomic E-state index is 11.6. The average Bonchev–Trinajstić information content (AvgIpc) is 2.99. The van der Waals surface area contributed by atoms with Gasteiger partial charge in [0, 0.05) is 30.9 Å². The van der Waals surface area contributed by atoms with Gasteiger partial charge in [0.1, 0.15) is 12.6 Å². The van der Waals surface area contributed by atoms with Crippen LogP contribution in [-0.4, -0.2) is 81.6 Å². The van der Waals surface area contributed by atoms with Crippen molar-refractivity contribution in [1.29, 1.82) is 0 Å². The number of rotatable bonds is 10. The van der Waals surface area contributed by atoms with Crippen molar-refractivity contribution in [3.8, 4) is 0 Å². The first kappa shape index (κ1) is 26.1. The summed E-state index contributed by atoms with van der Waals surface area (Å²) in [7, 11) is 0. The molecule has 1 aliphatic rings. The van der Waals surface area contributed by atoms with Crippen LogP contribution in [-0.2, 0) is 28.8 Å². The number of carboxylic acids is 2. The lowest BCUT2D eigenvalue weighted by atomic mass is 10.1. The third-order valence-electron chi connectivity index (χ3n) is 3.45. The summed E-state index contributed by atoms with van der Waals surface area (Å²) in [5, 5.41) is 21.2. The molecule has 0 fully saturated rings. The summed E-state index contributed by atoms with van der Waals surface area (Å²) >= 11 is 3.87. The van der Waals surface area contributed by atoms with E-state index < -0.39 is 42.4 Å². The van der Waals surface area contributed by atoms with Gasteiger partial charge in [0.05, 0.1) is 6.04 Å². The number of amides is 4. The summed E-state index contributed by atoms with van der Waals surface area (Å²) < 4.78 is 0. The topological polar surface area (TPSA) is 196 Å². The number of hydrogen-bond donors (Lipinski definition) is 6. The van der Waals surface area contributed by atoms with Gasteiger partial charge in [-0.05, 0) is 13.3 Å². The Morgan fingerprint density at radius 2 is 1.66 bits per heavy atom. The molecule has 1 heterocycles. The quantitative estimate of drug-likeness (QED) is 0.163. The molecular formula is C16H24N4O8S. The fourth-order valence-corrected chi connectivity index (χ4v) is 2.17. The number of carboxylic acid groups (broad SMARTS) is 2. The molecule has 0 aromatic heterocycles. The molecule has 162 valence electrons. The zero-order valence-electron chi connectivity index (χ0n) is 15.7. The van der Waals surface area contributed by atoms with E-state index >= 15 is 0 Å². The summed E-state index contributed by atoms with van der Waals surface area (Å²) in [6.07, 6.45) is 2.22. The molecule has 0 aromatic carbocycles. The zero-order chi connectivity index (χ0) is 22.6. The molecule has 0 unspecified atom stereocenters. The molecule has 0 aliphatic carbocycles. The van der Waals surface area contributed by atoms with Crippen LogP contribution in [0.15, 0.2) is 12.2 Å². The Bertz CT molecular complexity index is 664. The average molecular weight is 432 g/mol. The first-order valence-corrected chi connectivity index (χ1v) is 9.08. The molecule has 0 spiro atoms. The normalized spacial score (nSPS) is 14.5. The molecule has 13 heteroatoms. The van der Waals surface area contributed by atoms with Gasteiger partial charge in [0.25, 0.3) is 11.8 Å². The van der Waals surface area contributed by atoms with Crippen molar-refractivity contribution in [2.24, 2.45) is 5.73 Å². The minimum absolute atomic E-state index is 0.0527. The van der Waals surface area contributed by atoms with Crippen molar-refractivity contribution in [1.82, 2.24) is 15.5 Å². The van der Waals surface area contributed by atoms with Gasteiger partial charge in [-0.1, -0.05) is 0 Å². The molecule has 0 radical (unpaired) electrons. The van der Waals surface area contributed by atoms with Gasteiger partial charge in [-0.2, -0.15) is 12.6 Å². The SMILES string of the molecule is CCN1C(=O)C=CC1=O.N[C@@H](CCC(=O)O)C(=O)N[C@@H](CS)C(=O)NCC(=O)O. The van der Waals surface area contributed by atoms with Gasteiger partial charge < -0.3 is 26.6 Å². The number of aliphatic carboxylic acids is 2. The lowest BCUT2D eigenvalue weighted by Gasteiger charge is -2.18. The molecule has 4 amide bonds. The van der Waals surface area contributed by atoms with Crippen molar-refractivity contribution >= 4 is 48.2 Å². The van der Waals surface area contributed by atoms with Crippen LogP contribution < -0.4 is 16.4 Å². The number of nitrogens with two attached hydrogens (primary N) is 1. The molecule has 0 bridgehead atoms. The highest BCUT2D eigenvalue weighted by molar-refractivity contribution is 7.80. The van der Waals surface area contributed by atoms with Gasteiger partial charge in [0.15, 0.2) is 0 Å². The lowest BCUT2D eigenvalue weighted by Crippen LogP contribution is -2.53. The predicted molar refractivity (Wildman–Crippen MR) is 103 cm³/mol. The van der Waals surface area contributed by atoms with Crippen LogP contribution in [0, 0.1) is 0 Å². The number of carbonyl (C=O) groups excluding carboxylic acids is 4. The van der Waals surface area contributed by atoms with Gasteiger partial charge >= 0.3 is 11.9 Å². The molecular weight excluding hydrogens is 408 g/mol. The second kappa shape index (κ2) is 13.3. The maximum Gasteiger partial charge on any atom is 0.322 e. The largest absolute Gasteiger partial charge is 0.481 e. The summed E-state index contributed by atoms with van der Waals surface area (Å²) in [6.45, 7) is 1.65. The summed E-state index contributed by atoms with van der Waals surface area (Å²) in [4.78, 5) is 66.2. The Hall–Kier alpha value is -2.93. The van der Waals surface area contributed by atoms with Gasteiger partial charge in [0.2, 0.25) is 11.8 Å². The molecule has 6 N–H and O–H groups in total. The molecule has 12 nitrogen and oxygen atoms in total. The molecule has 29 heavy (non-hydrogen) atoms. The Labute approximate surface area is 171 Å². The highest BCUT2D eigenvalue weighted by Crippen LogP contribution is 2.01. The van der Waals surface area contributed by atoms with Crippen molar-refractivity contribution in [3.05, 3.63) is 12.2 Å². The summed E-state index contributed by atoms with van der Waals surface area (Å²) in [5.74, 6) is -4.18. The van der Waals surface area contributed by atoms with Gasteiger partial charge in [-0.25, -0.2) is 0 Å². The van der Waals surface area contributed by atoms with E-state index in [0.29, 0.717) is 6.54 Å². The number of carbonyl (C=O) groups is 6. The number of nitrogens with one attached hydrogen (secondary N) is 2. The predicted octanol–water partition coefficient (Wildman–Crippen LogP) is -2.27. The molecule has 0 saturated heterocycles. The van der Waals surface area contributed by atoms with Crippen molar-refractivity contribution in [2.45, 2.75) is 31.8 Å². The van der Waals surface area contributed by atoms with Crippen LogP contribution in [0.25, 0.3) is 0 Å². The van der Waals surface area contributed by atoms with E-state index in [1.54, 1.807) is 6.92 Å². The second-order valence-corrected chi connectivity index (χ2v) is 6.01. The highest BCUT2D eigenvalue weighted by Gasteiger charge is 2.23. The molecule has 0 saturated carbocycles. The number of nitrogens with zero attached hydrogens (tertiary/aromatic N) is 1. The fourth-order valence-electron chi connectivity index (χ4n) is 1.91. The van der Waals surface area contributed by atoms with E-state index in [4.69, 9.17) is 15.9 Å². The third-order valence-corrected chi connectivity index (χ3v) is 3.82. The monoisotopic (exact) mass is 432 g/mol. The maximum absolute atomic E-state index is 11.6. The van der Waals surface area contributed by atoms with E-state index in [0.717, 1.165) is 0 Å². The number of hydrogen-bond acceptors (Lipinski definition) is 8. The first-order valence-electron chi connectivity index (χ1n) is 8.45. The van der Waals surface area contributed by atoms with Crippen LogP contribution in [0.1, 0.15) is 19.8 Å². The van der Waals surface area contributed by atoms with Gasteiger partial charge in [-0.3, -0.25) is 33.7 Å². The van der Waals surface area contributed by atoms with E-state index in [-0.39, 0.29) is 30.4 Å².